The maximum absolute atomic E-state index is 12.1. The van der Waals surface area contributed by atoms with E-state index in [-0.39, 0.29) is 18.4 Å². The van der Waals surface area contributed by atoms with Crippen molar-refractivity contribution in [1.82, 2.24) is 5.32 Å². The summed E-state index contributed by atoms with van der Waals surface area (Å²) in [7, 11) is 0. The lowest BCUT2D eigenvalue weighted by atomic mass is 10.1. The monoisotopic (exact) mass is 389 g/mol. The number of hydrogen-bond donors (Lipinski definition) is 1. The highest BCUT2D eigenvalue weighted by Gasteiger charge is 2.32. The van der Waals surface area contributed by atoms with Crippen LogP contribution in [-0.2, 0) is 33.4 Å². The Labute approximate surface area is 157 Å². The molecule has 0 fully saturated rings. The van der Waals surface area contributed by atoms with Gasteiger partial charge >= 0.3 is 11.9 Å². The van der Waals surface area contributed by atoms with Crippen LogP contribution in [0.3, 0.4) is 0 Å². The first kappa shape index (κ1) is 24.1. The molecule has 148 valence electrons. The summed E-state index contributed by atoms with van der Waals surface area (Å²) in [6.45, 7) is 9.81. The summed E-state index contributed by atoms with van der Waals surface area (Å²) in [6, 6.07) is -1.09. The second kappa shape index (κ2) is 11.7. The predicted octanol–water partition coefficient (Wildman–Crippen LogP) is 1.25. The standard InChI is InChI=1S/C17H27NO7S/c1-7-24-16(22)14(18-15(21)9(2)3)11(6)26-17(23)12(19)8-13(20)25-10(4)5/h9-11,14H,7-8H2,1-6H3,(H,18,21). The van der Waals surface area contributed by atoms with Gasteiger partial charge in [0.2, 0.25) is 11.7 Å². The maximum Gasteiger partial charge on any atom is 0.329 e. The van der Waals surface area contributed by atoms with E-state index >= 15 is 0 Å². The Morgan fingerprint density at radius 2 is 1.58 bits per heavy atom. The molecule has 0 aromatic heterocycles. The zero-order chi connectivity index (χ0) is 20.4. The van der Waals surface area contributed by atoms with E-state index in [2.05, 4.69) is 5.32 Å². The van der Waals surface area contributed by atoms with Crippen LogP contribution < -0.4 is 5.32 Å². The van der Waals surface area contributed by atoms with Gasteiger partial charge in [-0.2, -0.15) is 0 Å². The highest BCUT2D eigenvalue weighted by Crippen LogP contribution is 2.18. The molecule has 0 radical (unpaired) electrons. The van der Waals surface area contributed by atoms with Gasteiger partial charge in [-0.3, -0.25) is 19.2 Å². The molecule has 0 aliphatic rings. The Bertz CT molecular complexity index is 545. The molecule has 0 aromatic carbocycles. The smallest absolute Gasteiger partial charge is 0.329 e. The minimum atomic E-state index is -1.09. The van der Waals surface area contributed by atoms with Gasteiger partial charge in [0, 0.05) is 11.2 Å². The number of hydrogen-bond acceptors (Lipinski definition) is 8. The number of amides is 1. The SMILES string of the molecule is CCOC(=O)C(NC(=O)C(C)C)C(C)SC(=O)C(=O)CC(=O)OC(C)C. The zero-order valence-electron chi connectivity index (χ0n) is 16.0. The van der Waals surface area contributed by atoms with Crippen LogP contribution in [0.1, 0.15) is 48.0 Å². The van der Waals surface area contributed by atoms with Crippen molar-refractivity contribution >= 4 is 40.5 Å². The number of carbonyl (C=O) groups excluding carboxylic acids is 5. The largest absolute Gasteiger partial charge is 0.464 e. The number of thioether (sulfide) groups is 1. The van der Waals surface area contributed by atoms with Crippen LogP contribution in [0, 0.1) is 5.92 Å². The van der Waals surface area contributed by atoms with E-state index in [1.165, 1.54) is 6.92 Å². The van der Waals surface area contributed by atoms with Gasteiger partial charge in [-0.05, 0) is 20.8 Å². The Morgan fingerprint density at radius 3 is 2.04 bits per heavy atom. The molecule has 8 nitrogen and oxygen atoms in total. The lowest BCUT2D eigenvalue weighted by molar-refractivity contribution is -0.150. The second-order valence-electron chi connectivity index (χ2n) is 6.14. The molecule has 2 unspecified atom stereocenters. The van der Waals surface area contributed by atoms with E-state index < -0.39 is 46.7 Å². The minimum absolute atomic E-state index is 0.109. The molecule has 9 heteroatoms. The molecule has 0 aliphatic carbocycles. The molecule has 1 amide bonds. The molecular formula is C17H27NO7S. The van der Waals surface area contributed by atoms with Gasteiger partial charge in [0.1, 0.15) is 12.5 Å². The van der Waals surface area contributed by atoms with Gasteiger partial charge in [-0.1, -0.05) is 32.5 Å². The molecule has 0 aliphatic heterocycles. The maximum atomic E-state index is 12.1. The van der Waals surface area contributed by atoms with Crippen molar-refractivity contribution in [3.05, 3.63) is 0 Å². The van der Waals surface area contributed by atoms with Crippen molar-refractivity contribution in [2.75, 3.05) is 6.61 Å². The molecule has 2 atom stereocenters. The number of ketones is 1. The van der Waals surface area contributed by atoms with E-state index in [4.69, 9.17) is 9.47 Å². The van der Waals surface area contributed by atoms with E-state index in [9.17, 15) is 24.0 Å². The summed E-state index contributed by atoms with van der Waals surface area (Å²) in [5.41, 5.74) is 0. The predicted molar refractivity (Wildman–Crippen MR) is 96.3 cm³/mol. The average molecular weight is 389 g/mol. The van der Waals surface area contributed by atoms with Crippen LogP contribution in [-0.4, -0.2) is 52.7 Å². The van der Waals surface area contributed by atoms with Crippen molar-refractivity contribution in [2.45, 2.75) is 65.4 Å². The van der Waals surface area contributed by atoms with Crippen molar-refractivity contribution < 1.29 is 33.4 Å². The minimum Gasteiger partial charge on any atom is -0.464 e. The van der Waals surface area contributed by atoms with Crippen molar-refractivity contribution in [3.63, 3.8) is 0 Å². The molecular weight excluding hydrogens is 362 g/mol. The van der Waals surface area contributed by atoms with Gasteiger partial charge in [-0.25, -0.2) is 4.79 Å². The third-order valence-corrected chi connectivity index (χ3v) is 4.11. The molecule has 26 heavy (non-hydrogen) atoms. The summed E-state index contributed by atoms with van der Waals surface area (Å²) >= 11 is 0.573. The Hall–Kier alpha value is -1.90. The van der Waals surface area contributed by atoms with Gasteiger partial charge in [0.05, 0.1) is 12.7 Å². The number of Topliss-reactive ketones (excluding diaryl/α,β-unsaturated/α-hetero) is 1. The van der Waals surface area contributed by atoms with Gasteiger partial charge < -0.3 is 14.8 Å². The summed E-state index contributed by atoms with van der Waals surface area (Å²) in [6.07, 6.45) is -1.06. The van der Waals surface area contributed by atoms with Crippen LogP contribution in [0.5, 0.6) is 0 Å². The van der Waals surface area contributed by atoms with Gasteiger partial charge in [-0.15, -0.1) is 0 Å². The number of nitrogens with one attached hydrogen (secondary N) is 1. The third kappa shape index (κ3) is 8.98. The van der Waals surface area contributed by atoms with E-state index in [0.717, 1.165) is 0 Å². The topological polar surface area (TPSA) is 116 Å². The first-order valence-corrected chi connectivity index (χ1v) is 9.27. The van der Waals surface area contributed by atoms with Crippen LogP contribution in [0.4, 0.5) is 0 Å². The van der Waals surface area contributed by atoms with Crippen LogP contribution >= 0.6 is 11.8 Å². The molecule has 0 heterocycles. The van der Waals surface area contributed by atoms with Gasteiger partial charge in [0.15, 0.2) is 0 Å². The molecule has 0 saturated carbocycles. The van der Waals surface area contributed by atoms with E-state index in [1.807, 2.05) is 0 Å². The number of rotatable bonds is 10. The van der Waals surface area contributed by atoms with Crippen LogP contribution in [0.25, 0.3) is 0 Å². The fourth-order valence-corrected chi connectivity index (χ4v) is 2.59. The van der Waals surface area contributed by atoms with Crippen molar-refractivity contribution in [2.24, 2.45) is 5.92 Å². The quantitative estimate of drug-likeness (QED) is 0.337. The third-order valence-electron chi connectivity index (χ3n) is 3.02. The number of carbonyl (C=O) groups is 5. The molecule has 1 N–H and O–H groups in total. The molecule has 0 spiro atoms. The molecule has 0 bridgehead atoms. The van der Waals surface area contributed by atoms with Crippen molar-refractivity contribution in [1.29, 1.82) is 0 Å². The van der Waals surface area contributed by atoms with Crippen LogP contribution in [0.2, 0.25) is 0 Å². The number of ether oxygens (including phenoxy) is 2. The summed E-state index contributed by atoms with van der Waals surface area (Å²) in [4.78, 5) is 59.3. The van der Waals surface area contributed by atoms with Gasteiger partial charge in [0.25, 0.3) is 5.12 Å². The highest BCUT2D eigenvalue weighted by molar-refractivity contribution is 8.16. The zero-order valence-corrected chi connectivity index (χ0v) is 16.8. The fraction of sp³-hybridized carbons (Fsp3) is 0.706. The second-order valence-corrected chi connectivity index (χ2v) is 7.49. The van der Waals surface area contributed by atoms with Crippen LogP contribution in [0.15, 0.2) is 0 Å². The Kier molecular flexibility index (Phi) is 10.8. The molecule has 0 saturated heterocycles. The number of esters is 2. The lowest BCUT2D eigenvalue weighted by Crippen LogP contribution is -2.49. The summed E-state index contributed by atoms with van der Waals surface area (Å²) in [5.74, 6) is -3.16. The first-order valence-electron chi connectivity index (χ1n) is 8.39. The fourth-order valence-electron chi connectivity index (χ4n) is 1.73. The molecule has 0 aromatic rings. The average Bonchev–Trinajstić information content (AvgIpc) is 2.50. The normalized spacial score (nSPS) is 13.1. The van der Waals surface area contributed by atoms with Crippen molar-refractivity contribution in [3.8, 4) is 0 Å². The summed E-state index contributed by atoms with van der Waals surface area (Å²) < 4.78 is 9.74. The lowest BCUT2D eigenvalue weighted by Gasteiger charge is -2.23. The highest BCUT2D eigenvalue weighted by atomic mass is 32.2. The Morgan fingerprint density at radius 1 is 1.00 bits per heavy atom. The Balaban J connectivity index is 4.94. The van der Waals surface area contributed by atoms with E-state index in [1.54, 1.807) is 34.6 Å². The first-order chi connectivity index (χ1) is 12.0. The van der Waals surface area contributed by atoms with E-state index in [0.29, 0.717) is 11.8 Å². The molecule has 0 rings (SSSR count). The summed E-state index contributed by atoms with van der Waals surface area (Å²) in [5, 5.41) is 0.884.